The van der Waals surface area contributed by atoms with Crippen molar-refractivity contribution in [3.05, 3.63) is 80.3 Å². The van der Waals surface area contributed by atoms with Crippen LogP contribution in [-0.4, -0.2) is 26.6 Å². The van der Waals surface area contributed by atoms with Crippen LogP contribution >= 0.6 is 22.9 Å². The molecule has 132 valence electrons. The van der Waals surface area contributed by atoms with E-state index in [4.69, 9.17) is 16.7 Å². The second-order valence-corrected chi connectivity index (χ2v) is 7.04. The molecule has 0 spiro atoms. The second-order valence-electron chi connectivity index (χ2n) is 5.60. The Morgan fingerprint density at radius 2 is 1.88 bits per heavy atom. The van der Waals surface area contributed by atoms with Crippen molar-refractivity contribution in [1.29, 1.82) is 0 Å². The highest BCUT2D eigenvalue weighted by Gasteiger charge is 2.14. The van der Waals surface area contributed by atoms with Crippen molar-refractivity contribution < 1.29 is 14.7 Å². The quantitative estimate of drug-likeness (QED) is 0.498. The summed E-state index contributed by atoms with van der Waals surface area (Å²) in [6.07, 6.45) is 3.01. The smallest absolute Gasteiger partial charge is 0.345 e. The van der Waals surface area contributed by atoms with Crippen LogP contribution in [0.2, 0.25) is 5.15 Å². The van der Waals surface area contributed by atoms with Crippen LogP contribution in [0, 0.1) is 6.92 Å². The zero-order valence-corrected chi connectivity index (χ0v) is 15.4. The first-order valence-electron chi connectivity index (χ1n) is 7.78. The average Bonchev–Trinajstić information content (AvgIpc) is 3.21. The third-order valence-electron chi connectivity index (χ3n) is 3.75. The van der Waals surface area contributed by atoms with E-state index in [2.05, 4.69) is 5.10 Å². The number of aryl methyl sites for hydroxylation is 1. The van der Waals surface area contributed by atoms with Crippen LogP contribution in [-0.2, 0) is 6.54 Å². The molecular weight excluding hydrogens is 372 g/mol. The number of benzene rings is 1. The maximum atomic E-state index is 12.2. The van der Waals surface area contributed by atoms with E-state index in [1.54, 1.807) is 10.8 Å². The number of thiophene rings is 1. The third-order valence-corrected chi connectivity index (χ3v) is 5.23. The molecule has 0 aliphatic carbocycles. The van der Waals surface area contributed by atoms with Gasteiger partial charge in [0.25, 0.3) is 0 Å². The van der Waals surface area contributed by atoms with Crippen LogP contribution < -0.4 is 0 Å². The number of carbonyl (C=O) groups excluding carboxylic acids is 1. The highest BCUT2D eigenvalue weighted by Crippen LogP contribution is 2.23. The fourth-order valence-electron chi connectivity index (χ4n) is 2.44. The van der Waals surface area contributed by atoms with Crippen molar-refractivity contribution >= 4 is 40.8 Å². The Morgan fingerprint density at radius 1 is 1.19 bits per heavy atom. The third kappa shape index (κ3) is 3.92. The lowest BCUT2D eigenvalue weighted by Gasteiger charge is -2.03. The summed E-state index contributed by atoms with van der Waals surface area (Å²) in [5.41, 5.74) is 2.46. The van der Waals surface area contributed by atoms with Gasteiger partial charge in [0.2, 0.25) is 0 Å². The lowest BCUT2D eigenvalue weighted by atomic mass is 10.2. The molecule has 7 heteroatoms. The summed E-state index contributed by atoms with van der Waals surface area (Å²) < 4.78 is 1.68. The minimum absolute atomic E-state index is 0.131. The van der Waals surface area contributed by atoms with Crippen molar-refractivity contribution in [2.24, 2.45) is 0 Å². The number of allylic oxidation sites excluding steroid dienone is 1. The van der Waals surface area contributed by atoms with Gasteiger partial charge in [0, 0.05) is 5.56 Å². The number of hydrogen-bond donors (Lipinski definition) is 1. The van der Waals surface area contributed by atoms with E-state index in [9.17, 15) is 9.59 Å². The zero-order chi connectivity index (χ0) is 18.7. The van der Waals surface area contributed by atoms with Crippen molar-refractivity contribution in [3.63, 3.8) is 0 Å². The lowest BCUT2D eigenvalue weighted by molar-refractivity contribution is 0.0702. The molecule has 0 saturated carbocycles. The Balaban J connectivity index is 1.79. The summed E-state index contributed by atoms with van der Waals surface area (Å²) in [5, 5.41) is 13.8. The fraction of sp³-hybridized carbons (Fsp3) is 0.105. The van der Waals surface area contributed by atoms with E-state index < -0.39 is 5.97 Å². The Hall–Kier alpha value is -2.70. The Kier molecular flexibility index (Phi) is 5.35. The van der Waals surface area contributed by atoms with Crippen LogP contribution in [0.25, 0.3) is 6.08 Å². The van der Waals surface area contributed by atoms with E-state index in [0.717, 1.165) is 16.9 Å². The molecule has 1 aromatic carbocycles. The number of halogens is 1. The minimum atomic E-state index is -1.04. The van der Waals surface area contributed by atoms with Crippen molar-refractivity contribution in [1.82, 2.24) is 9.78 Å². The van der Waals surface area contributed by atoms with Gasteiger partial charge in [-0.05, 0) is 36.8 Å². The molecule has 0 aliphatic heterocycles. The summed E-state index contributed by atoms with van der Waals surface area (Å²) in [5.74, 6) is -1.31. The number of ketones is 1. The molecule has 26 heavy (non-hydrogen) atoms. The predicted molar refractivity (Wildman–Crippen MR) is 102 cm³/mol. The van der Waals surface area contributed by atoms with Gasteiger partial charge in [-0.2, -0.15) is 5.10 Å². The number of nitrogens with zero attached hydrogens (tertiary/aromatic N) is 2. The number of hydrogen-bond acceptors (Lipinski definition) is 4. The van der Waals surface area contributed by atoms with E-state index in [0.29, 0.717) is 27.8 Å². The molecule has 3 rings (SSSR count). The number of aromatic nitrogens is 2. The summed E-state index contributed by atoms with van der Waals surface area (Å²) in [4.78, 5) is 23.6. The normalized spacial score (nSPS) is 11.2. The number of carboxylic acid groups (broad SMARTS) is 1. The molecule has 3 aromatic rings. The summed E-state index contributed by atoms with van der Waals surface area (Å²) in [6, 6.07) is 12.8. The molecule has 0 saturated heterocycles. The van der Waals surface area contributed by atoms with E-state index in [1.807, 2.05) is 37.3 Å². The average molecular weight is 387 g/mol. The minimum Gasteiger partial charge on any atom is -0.477 e. The first-order valence-corrected chi connectivity index (χ1v) is 8.97. The number of rotatable bonds is 6. The van der Waals surface area contributed by atoms with Crippen LogP contribution in [0.5, 0.6) is 0 Å². The Bertz CT molecular complexity index is 990. The highest BCUT2D eigenvalue weighted by atomic mass is 35.5. The van der Waals surface area contributed by atoms with Gasteiger partial charge in [0.15, 0.2) is 5.78 Å². The largest absolute Gasteiger partial charge is 0.477 e. The molecule has 0 bridgehead atoms. The highest BCUT2D eigenvalue weighted by molar-refractivity contribution is 7.16. The number of carbonyl (C=O) groups is 2. The molecule has 0 radical (unpaired) electrons. The summed E-state index contributed by atoms with van der Waals surface area (Å²) >= 11 is 7.36. The topological polar surface area (TPSA) is 72.2 Å². The Morgan fingerprint density at radius 3 is 2.54 bits per heavy atom. The van der Waals surface area contributed by atoms with Gasteiger partial charge in [-0.15, -0.1) is 11.3 Å². The van der Waals surface area contributed by atoms with E-state index >= 15 is 0 Å². The van der Waals surface area contributed by atoms with Gasteiger partial charge in [0.1, 0.15) is 10.0 Å². The van der Waals surface area contributed by atoms with Gasteiger partial charge in [-0.1, -0.05) is 41.9 Å². The van der Waals surface area contributed by atoms with Gasteiger partial charge in [-0.25, -0.2) is 9.48 Å². The summed E-state index contributed by atoms with van der Waals surface area (Å²) in [7, 11) is 0. The van der Waals surface area contributed by atoms with Gasteiger partial charge < -0.3 is 5.11 Å². The maximum absolute atomic E-state index is 12.2. The molecule has 1 N–H and O–H groups in total. The number of carboxylic acids is 1. The monoisotopic (exact) mass is 386 g/mol. The molecule has 0 aliphatic rings. The van der Waals surface area contributed by atoms with E-state index in [-0.39, 0.29) is 10.7 Å². The van der Waals surface area contributed by atoms with Crippen molar-refractivity contribution in [2.75, 3.05) is 0 Å². The van der Waals surface area contributed by atoms with Gasteiger partial charge in [-0.3, -0.25) is 4.79 Å². The van der Waals surface area contributed by atoms with Gasteiger partial charge in [0.05, 0.1) is 17.1 Å². The first-order chi connectivity index (χ1) is 12.5. The standard InChI is InChI=1S/C19H15ClN2O3S/c1-12-14(7-8-15(23)16-9-10-17(26-16)19(24)25)18(20)22(21-12)11-13-5-3-2-4-6-13/h2-10H,11H2,1H3,(H,24,25)/b8-7+. The molecule has 2 aromatic heterocycles. The molecule has 0 amide bonds. The van der Waals surface area contributed by atoms with Crippen LogP contribution in [0.3, 0.4) is 0 Å². The van der Waals surface area contributed by atoms with Gasteiger partial charge >= 0.3 is 5.97 Å². The number of aromatic carboxylic acids is 1. The molecule has 0 fully saturated rings. The van der Waals surface area contributed by atoms with E-state index in [1.165, 1.54) is 18.2 Å². The fourth-order valence-corrected chi connectivity index (χ4v) is 3.51. The van der Waals surface area contributed by atoms with Crippen LogP contribution in [0.1, 0.15) is 36.2 Å². The lowest BCUT2D eigenvalue weighted by Crippen LogP contribution is -2.01. The second kappa shape index (κ2) is 7.68. The van der Waals surface area contributed by atoms with Crippen LogP contribution in [0.4, 0.5) is 0 Å². The van der Waals surface area contributed by atoms with Crippen LogP contribution in [0.15, 0.2) is 48.5 Å². The molecule has 2 heterocycles. The molecule has 0 atom stereocenters. The zero-order valence-electron chi connectivity index (χ0n) is 13.8. The summed E-state index contributed by atoms with van der Waals surface area (Å²) in [6.45, 7) is 2.36. The van der Waals surface area contributed by atoms with Crippen molar-refractivity contribution in [2.45, 2.75) is 13.5 Å². The first kappa shape index (κ1) is 18.1. The SMILES string of the molecule is Cc1nn(Cc2ccccc2)c(Cl)c1/C=C/C(=O)c1ccc(C(=O)O)s1. The molecule has 0 unspecified atom stereocenters. The molecular formula is C19H15ClN2O3S. The predicted octanol–water partition coefficient (Wildman–Crippen LogP) is 4.55. The van der Waals surface area contributed by atoms with Crippen molar-refractivity contribution in [3.8, 4) is 0 Å². The Labute approximate surface area is 159 Å². The maximum Gasteiger partial charge on any atom is 0.345 e. The molecule has 5 nitrogen and oxygen atoms in total.